The lowest BCUT2D eigenvalue weighted by molar-refractivity contribution is 0.0571. The van der Waals surface area contributed by atoms with Crippen LogP contribution >= 0.6 is 0 Å². The highest BCUT2D eigenvalue weighted by molar-refractivity contribution is 5.97. The molecule has 1 aromatic rings. The Morgan fingerprint density at radius 2 is 2.09 bits per heavy atom. The smallest absolute Gasteiger partial charge is 0.271 e. The van der Waals surface area contributed by atoms with Crippen LogP contribution in [0.4, 0.5) is 0 Å². The normalized spacial score (nSPS) is 21.2. The second-order valence-corrected chi connectivity index (χ2v) is 6.55. The fourth-order valence-corrected chi connectivity index (χ4v) is 3.03. The largest absolute Gasteiger partial charge is 0.343 e. The molecule has 6 nitrogen and oxygen atoms in total. The van der Waals surface area contributed by atoms with Gasteiger partial charge in [-0.1, -0.05) is 6.92 Å². The molecule has 1 aromatic heterocycles. The van der Waals surface area contributed by atoms with Crippen molar-refractivity contribution in [2.75, 3.05) is 27.2 Å². The summed E-state index contributed by atoms with van der Waals surface area (Å²) in [7, 11) is 3.36. The number of rotatable bonds is 3. The maximum Gasteiger partial charge on any atom is 0.271 e. The van der Waals surface area contributed by atoms with Crippen LogP contribution in [0.2, 0.25) is 0 Å². The first-order chi connectivity index (χ1) is 10.8. The fraction of sp³-hybridized carbons (Fsp3) is 0.588. The molecule has 1 aliphatic heterocycles. The predicted octanol–water partition coefficient (Wildman–Crippen LogP) is 1.29. The van der Waals surface area contributed by atoms with Gasteiger partial charge >= 0.3 is 0 Å². The zero-order chi connectivity index (χ0) is 17.1. The molecule has 0 aromatic carbocycles. The molecule has 126 valence electrons. The van der Waals surface area contributed by atoms with Gasteiger partial charge in [-0.2, -0.15) is 0 Å². The van der Waals surface area contributed by atoms with Crippen molar-refractivity contribution in [2.24, 2.45) is 11.7 Å². The highest BCUT2D eigenvalue weighted by Gasteiger charge is 2.30. The van der Waals surface area contributed by atoms with Crippen LogP contribution in [0.15, 0.2) is 12.1 Å². The molecular formula is C17H26N4O2. The van der Waals surface area contributed by atoms with E-state index in [0.717, 1.165) is 19.4 Å². The summed E-state index contributed by atoms with van der Waals surface area (Å²) in [4.78, 5) is 32.4. The van der Waals surface area contributed by atoms with E-state index in [4.69, 9.17) is 5.73 Å². The van der Waals surface area contributed by atoms with E-state index in [0.29, 0.717) is 29.4 Å². The molecule has 2 heterocycles. The van der Waals surface area contributed by atoms with Crippen molar-refractivity contribution >= 4 is 11.8 Å². The summed E-state index contributed by atoms with van der Waals surface area (Å²) >= 11 is 0. The number of piperidine rings is 1. The third-order valence-corrected chi connectivity index (χ3v) is 4.45. The highest BCUT2D eigenvalue weighted by atomic mass is 16.2. The maximum atomic E-state index is 12.8. The lowest BCUT2D eigenvalue weighted by atomic mass is 9.91. The lowest BCUT2D eigenvalue weighted by Crippen LogP contribution is -2.49. The summed E-state index contributed by atoms with van der Waals surface area (Å²) in [6.07, 6.45) is 1.93. The highest BCUT2D eigenvalue weighted by Crippen LogP contribution is 2.24. The Bertz CT molecular complexity index is 600. The van der Waals surface area contributed by atoms with Crippen LogP contribution < -0.4 is 5.73 Å². The second-order valence-electron chi connectivity index (χ2n) is 6.55. The molecule has 1 saturated heterocycles. The van der Waals surface area contributed by atoms with Gasteiger partial charge in [0, 0.05) is 33.2 Å². The number of carbonyl (C=O) groups excluding carboxylic acids is 2. The van der Waals surface area contributed by atoms with Gasteiger partial charge in [-0.25, -0.2) is 4.98 Å². The Labute approximate surface area is 137 Å². The maximum absolute atomic E-state index is 12.8. The molecule has 2 amide bonds. The quantitative estimate of drug-likeness (QED) is 0.911. The Morgan fingerprint density at radius 1 is 1.39 bits per heavy atom. The molecule has 6 heteroatoms. The number of aryl methyl sites for hydroxylation is 1. The minimum absolute atomic E-state index is 0.0406. The van der Waals surface area contributed by atoms with Crippen molar-refractivity contribution < 1.29 is 9.59 Å². The Balaban J connectivity index is 2.24. The van der Waals surface area contributed by atoms with Crippen LogP contribution in [0.3, 0.4) is 0 Å². The zero-order valence-electron chi connectivity index (χ0n) is 14.4. The molecule has 0 aliphatic carbocycles. The first kappa shape index (κ1) is 17.4. The van der Waals surface area contributed by atoms with Crippen molar-refractivity contribution in [3.8, 4) is 0 Å². The van der Waals surface area contributed by atoms with Gasteiger partial charge in [0.2, 0.25) is 0 Å². The van der Waals surface area contributed by atoms with Gasteiger partial charge in [0.1, 0.15) is 5.69 Å². The van der Waals surface area contributed by atoms with Gasteiger partial charge in [-0.05, 0) is 37.8 Å². The molecular weight excluding hydrogens is 292 g/mol. The van der Waals surface area contributed by atoms with E-state index >= 15 is 0 Å². The number of nitrogens with two attached hydrogens (primary N) is 1. The standard InChI is InChI=1S/C17H26N4O2/c1-11-7-8-21(13(9-11)10-18)16(22)14-5-6-15(19-12(14)2)17(23)20(3)4/h5-6,11,13H,7-10,18H2,1-4H3. The molecule has 0 radical (unpaired) electrons. The number of pyridine rings is 1. The number of likely N-dealkylation sites (tertiary alicyclic amines) is 1. The van der Waals surface area contributed by atoms with Gasteiger partial charge in [0.25, 0.3) is 11.8 Å². The molecule has 2 unspecified atom stereocenters. The van der Waals surface area contributed by atoms with Gasteiger partial charge in [-0.15, -0.1) is 0 Å². The summed E-state index contributed by atoms with van der Waals surface area (Å²) in [6, 6.07) is 3.40. The van der Waals surface area contributed by atoms with E-state index in [1.165, 1.54) is 4.90 Å². The number of nitrogens with zero attached hydrogens (tertiary/aromatic N) is 3. The average Bonchev–Trinajstić information content (AvgIpc) is 2.53. The molecule has 2 N–H and O–H groups in total. The topological polar surface area (TPSA) is 79.5 Å². The molecule has 1 fully saturated rings. The van der Waals surface area contributed by atoms with Gasteiger partial charge in [0.05, 0.1) is 11.3 Å². The van der Waals surface area contributed by atoms with E-state index in [2.05, 4.69) is 11.9 Å². The van der Waals surface area contributed by atoms with Crippen LogP contribution in [0.1, 0.15) is 46.3 Å². The summed E-state index contributed by atoms with van der Waals surface area (Å²) in [5.41, 5.74) is 7.33. The van der Waals surface area contributed by atoms with Crippen LogP contribution in [-0.2, 0) is 0 Å². The molecule has 0 bridgehead atoms. The third kappa shape index (κ3) is 3.69. The number of hydrogen-bond acceptors (Lipinski definition) is 4. The van der Waals surface area contributed by atoms with Crippen LogP contribution in [0.25, 0.3) is 0 Å². The van der Waals surface area contributed by atoms with E-state index in [9.17, 15) is 9.59 Å². The zero-order valence-corrected chi connectivity index (χ0v) is 14.4. The SMILES string of the molecule is Cc1nc(C(=O)N(C)C)ccc1C(=O)N1CCC(C)CC1CN. The van der Waals surface area contributed by atoms with Crippen molar-refractivity contribution in [1.29, 1.82) is 0 Å². The van der Waals surface area contributed by atoms with Crippen molar-refractivity contribution in [1.82, 2.24) is 14.8 Å². The number of hydrogen-bond donors (Lipinski definition) is 1. The van der Waals surface area contributed by atoms with E-state index in [-0.39, 0.29) is 17.9 Å². The summed E-state index contributed by atoms with van der Waals surface area (Å²) in [6.45, 7) is 5.15. The minimum Gasteiger partial charge on any atom is -0.343 e. The van der Waals surface area contributed by atoms with E-state index in [1.807, 2.05) is 4.90 Å². The number of carbonyl (C=O) groups is 2. The average molecular weight is 318 g/mol. The molecule has 1 aliphatic rings. The Morgan fingerprint density at radius 3 is 2.65 bits per heavy atom. The van der Waals surface area contributed by atoms with E-state index < -0.39 is 0 Å². The van der Waals surface area contributed by atoms with Gasteiger partial charge in [0.15, 0.2) is 0 Å². The summed E-state index contributed by atoms with van der Waals surface area (Å²) in [5, 5.41) is 0. The van der Waals surface area contributed by atoms with E-state index in [1.54, 1.807) is 33.2 Å². The van der Waals surface area contributed by atoms with Crippen LogP contribution in [0, 0.1) is 12.8 Å². The molecule has 2 atom stereocenters. The number of amides is 2. The number of aromatic nitrogens is 1. The summed E-state index contributed by atoms with van der Waals surface area (Å²) in [5.74, 6) is 0.381. The molecule has 0 spiro atoms. The van der Waals surface area contributed by atoms with Gasteiger partial charge in [-0.3, -0.25) is 9.59 Å². The van der Waals surface area contributed by atoms with Gasteiger partial charge < -0.3 is 15.5 Å². The molecule has 0 saturated carbocycles. The monoisotopic (exact) mass is 318 g/mol. The predicted molar refractivity (Wildman–Crippen MR) is 89.3 cm³/mol. The van der Waals surface area contributed by atoms with Crippen LogP contribution in [0.5, 0.6) is 0 Å². The van der Waals surface area contributed by atoms with Crippen LogP contribution in [-0.4, -0.2) is 59.8 Å². The van der Waals surface area contributed by atoms with Crippen molar-refractivity contribution in [3.05, 3.63) is 29.1 Å². The second kappa shape index (κ2) is 7.08. The minimum atomic E-state index is -0.168. The molecule has 23 heavy (non-hydrogen) atoms. The lowest BCUT2D eigenvalue weighted by Gasteiger charge is -2.38. The fourth-order valence-electron chi connectivity index (χ4n) is 3.03. The Hall–Kier alpha value is -1.95. The van der Waals surface area contributed by atoms with Crippen molar-refractivity contribution in [2.45, 2.75) is 32.7 Å². The first-order valence-electron chi connectivity index (χ1n) is 8.05. The third-order valence-electron chi connectivity index (χ3n) is 4.45. The first-order valence-corrected chi connectivity index (χ1v) is 8.05. The Kier molecular flexibility index (Phi) is 5.36. The summed E-state index contributed by atoms with van der Waals surface area (Å²) < 4.78 is 0. The van der Waals surface area contributed by atoms with Crippen molar-refractivity contribution in [3.63, 3.8) is 0 Å². The molecule has 2 rings (SSSR count).